The minimum absolute atomic E-state index is 0.0921. The van der Waals surface area contributed by atoms with E-state index in [4.69, 9.17) is 14.2 Å². The van der Waals surface area contributed by atoms with E-state index < -0.39 is 36.3 Å². The van der Waals surface area contributed by atoms with Gasteiger partial charge in [-0.3, -0.25) is 4.98 Å². The Kier molecular flexibility index (Phi) is 6.95. The lowest BCUT2D eigenvalue weighted by Crippen LogP contribution is -2.59. The first-order chi connectivity index (χ1) is 15.6. The SMILES string of the molecule is CO[C@H]1O[C@H](COC(c2ccccc2)(c2ccccc2)c2ccccn2)[C@@H](O)[C@H](O)[C@H]1O. The fourth-order valence-corrected chi connectivity index (χ4v) is 4.08. The molecule has 2 heterocycles. The molecule has 7 heteroatoms. The van der Waals surface area contributed by atoms with Crippen molar-refractivity contribution >= 4 is 0 Å². The average Bonchev–Trinajstić information content (AvgIpc) is 2.86. The maximum Gasteiger partial charge on any atom is 0.186 e. The Morgan fingerprint density at radius 1 is 0.812 bits per heavy atom. The summed E-state index contributed by atoms with van der Waals surface area (Å²) >= 11 is 0. The number of aliphatic hydroxyl groups excluding tert-OH is 3. The van der Waals surface area contributed by atoms with Crippen LogP contribution >= 0.6 is 0 Å². The minimum Gasteiger partial charge on any atom is -0.387 e. The van der Waals surface area contributed by atoms with E-state index in [-0.39, 0.29) is 6.61 Å². The molecule has 168 valence electrons. The molecule has 0 radical (unpaired) electrons. The molecule has 0 saturated carbocycles. The number of aliphatic hydroxyl groups is 3. The maximum atomic E-state index is 10.5. The van der Waals surface area contributed by atoms with Crippen LogP contribution < -0.4 is 0 Å². The molecule has 0 spiro atoms. The van der Waals surface area contributed by atoms with Gasteiger partial charge in [0.15, 0.2) is 11.9 Å². The Morgan fingerprint density at radius 3 is 1.94 bits per heavy atom. The summed E-state index contributed by atoms with van der Waals surface area (Å²) in [5.74, 6) is 0. The Morgan fingerprint density at radius 2 is 1.41 bits per heavy atom. The lowest BCUT2D eigenvalue weighted by molar-refractivity contribution is -0.299. The van der Waals surface area contributed by atoms with E-state index in [0.717, 1.165) is 11.1 Å². The van der Waals surface area contributed by atoms with E-state index in [0.29, 0.717) is 5.69 Å². The fourth-order valence-electron chi connectivity index (χ4n) is 4.08. The lowest BCUT2D eigenvalue weighted by atomic mass is 9.82. The van der Waals surface area contributed by atoms with Gasteiger partial charge in [-0.1, -0.05) is 66.7 Å². The van der Waals surface area contributed by atoms with Crippen LogP contribution in [0.3, 0.4) is 0 Å². The van der Waals surface area contributed by atoms with Gasteiger partial charge in [-0.15, -0.1) is 0 Å². The van der Waals surface area contributed by atoms with Crippen molar-refractivity contribution in [2.45, 2.75) is 36.3 Å². The molecule has 7 nitrogen and oxygen atoms in total. The highest BCUT2D eigenvalue weighted by atomic mass is 16.7. The van der Waals surface area contributed by atoms with Gasteiger partial charge in [0, 0.05) is 13.3 Å². The highest BCUT2D eigenvalue weighted by molar-refractivity contribution is 5.45. The molecule has 5 atom stereocenters. The molecule has 3 aromatic rings. The van der Waals surface area contributed by atoms with Gasteiger partial charge in [0.1, 0.15) is 24.4 Å². The molecule has 1 aromatic heterocycles. The molecule has 32 heavy (non-hydrogen) atoms. The summed E-state index contributed by atoms with van der Waals surface area (Å²) in [6.07, 6.45) is -4.47. The van der Waals surface area contributed by atoms with Crippen LogP contribution in [0.4, 0.5) is 0 Å². The molecular weight excluding hydrogens is 410 g/mol. The molecule has 1 aliphatic rings. The molecule has 1 saturated heterocycles. The number of pyridine rings is 1. The van der Waals surface area contributed by atoms with Gasteiger partial charge in [-0.25, -0.2) is 0 Å². The monoisotopic (exact) mass is 437 g/mol. The number of rotatable bonds is 7. The summed E-state index contributed by atoms with van der Waals surface area (Å²) in [6, 6.07) is 25.0. The Hall–Kier alpha value is -2.65. The standard InChI is InChI=1S/C25H27NO6/c1-30-24-23(29)22(28)21(27)19(32-24)16-31-25(17-10-4-2-5-11-17,18-12-6-3-7-13-18)20-14-8-9-15-26-20/h2-15,19,21-24,27-29H,16H2,1H3/t19-,21-,22+,23-,24+/m1/s1. The summed E-state index contributed by atoms with van der Waals surface area (Å²) in [6.45, 7) is -0.0921. The lowest BCUT2D eigenvalue weighted by Gasteiger charge is -2.42. The summed E-state index contributed by atoms with van der Waals surface area (Å²) in [4.78, 5) is 4.60. The highest BCUT2D eigenvalue weighted by Crippen LogP contribution is 2.40. The third-order valence-corrected chi connectivity index (χ3v) is 5.75. The number of ether oxygens (including phenoxy) is 3. The van der Waals surface area contributed by atoms with Crippen molar-refractivity contribution in [1.82, 2.24) is 4.98 Å². The van der Waals surface area contributed by atoms with Crippen molar-refractivity contribution in [1.29, 1.82) is 0 Å². The predicted octanol–water partition coefficient (Wildman–Crippen LogP) is 1.84. The van der Waals surface area contributed by atoms with Crippen molar-refractivity contribution in [3.8, 4) is 0 Å². The number of hydrogen-bond donors (Lipinski definition) is 3. The van der Waals surface area contributed by atoms with Crippen molar-refractivity contribution < 1.29 is 29.5 Å². The molecule has 0 bridgehead atoms. The van der Waals surface area contributed by atoms with Gasteiger partial charge in [0.05, 0.1) is 12.3 Å². The van der Waals surface area contributed by atoms with Gasteiger partial charge in [-0.05, 0) is 23.3 Å². The first-order valence-electron chi connectivity index (χ1n) is 10.5. The van der Waals surface area contributed by atoms with Crippen LogP contribution in [0.5, 0.6) is 0 Å². The number of methoxy groups -OCH3 is 1. The van der Waals surface area contributed by atoms with E-state index in [1.165, 1.54) is 7.11 Å². The summed E-state index contributed by atoms with van der Waals surface area (Å²) in [5.41, 5.74) is 1.25. The van der Waals surface area contributed by atoms with E-state index in [1.807, 2.05) is 78.9 Å². The third-order valence-electron chi connectivity index (χ3n) is 5.75. The zero-order chi connectivity index (χ0) is 22.6. The molecule has 0 aliphatic carbocycles. The van der Waals surface area contributed by atoms with Crippen molar-refractivity contribution in [2.24, 2.45) is 0 Å². The molecular formula is C25H27NO6. The van der Waals surface area contributed by atoms with Crippen LogP contribution in [0.15, 0.2) is 85.1 Å². The van der Waals surface area contributed by atoms with E-state index >= 15 is 0 Å². The number of nitrogens with zero attached hydrogens (tertiary/aromatic N) is 1. The van der Waals surface area contributed by atoms with Crippen LogP contribution in [0.2, 0.25) is 0 Å². The van der Waals surface area contributed by atoms with E-state index in [2.05, 4.69) is 4.98 Å². The highest BCUT2D eigenvalue weighted by Gasteiger charge is 2.46. The van der Waals surface area contributed by atoms with Gasteiger partial charge < -0.3 is 29.5 Å². The number of aromatic nitrogens is 1. The smallest absolute Gasteiger partial charge is 0.186 e. The molecule has 1 aliphatic heterocycles. The molecule has 0 unspecified atom stereocenters. The maximum absolute atomic E-state index is 10.5. The Bertz CT molecular complexity index is 873. The predicted molar refractivity (Wildman–Crippen MR) is 117 cm³/mol. The fraction of sp³-hybridized carbons (Fsp3) is 0.320. The largest absolute Gasteiger partial charge is 0.387 e. The topological polar surface area (TPSA) is 101 Å². The third kappa shape index (κ3) is 4.19. The first-order valence-corrected chi connectivity index (χ1v) is 10.5. The van der Waals surface area contributed by atoms with Gasteiger partial charge in [-0.2, -0.15) is 0 Å². The van der Waals surface area contributed by atoms with Crippen molar-refractivity contribution in [3.05, 3.63) is 102 Å². The van der Waals surface area contributed by atoms with Gasteiger partial charge in [0.2, 0.25) is 0 Å². The van der Waals surface area contributed by atoms with Gasteiger partial charge in [0.25, 0.3) is 0 Å². The van der Waals surface area contributed by atoms with Crippen molar-refractivity contribution in [3.63, 3.8) is 0 Å². The Balaban J connectivity index is 1.77. The zero-order valence-corrected chi connectivity index (χ0v) is 17.7. The summed E-state index contributed by atoms with van der Waals surface area (Å²) in [7, 11) is 1.36. The first kappa shape index (κ1) is 22.5. The number of benzene rings is 2. The van der Waals surface area contributed by atoms with Crippen LogP contribution in [-0.4, -0.2) is 64.7 Å². The Labute approximate surface area is 186 Å². The van der Waals surface area contributed by atoms with Crippen LogP contribution in [0.1, 0.15) is 16.8 Å². The normalized spacial score (nSPS) is 26.1. The summed E-state index contributed by atoms with van der Waals surface area (Å²) in [5, 5.41) is 30.9. The van der Waals surface area contributed by atoms with E-state index in [9.17, 15) is 15.3 Å². The molecule has 0 amide bonds. The molecule has 1 fully saturated rings. The number of hydrogen-bond acceptors (Lipinski definition) is 7. The van der Waals surface area contributed by atoms with Crippen LogP contribution in [-0.2, 0) is 19.8 Å². The molecule has 3 N–H and O–H groups in total. The van der Waals surface area contributed by atoms with Gasteiger partial charge >= 0.3 is 0 Å². The second-order valence-corrected chi connectivity index (χ2v) is 7.69. The van der Waals surface area contributed by atoms with Crippen LogP contribution in [0, 0.1) is 0 Å². The second kappa shape index (κ2) is 9.87. The van der Waals surface area contributed by atoms with Crippen molar-refractivity contribution in [2.75, 3.05) is 13.7 Å². The molecule has 4 rings (SSSR count). The minimum atomic E-state index is -1.43. The zero-order valence-electron chi connectivity index (χ0n) is 17.7. The quantitative estimate of drug-likeness (QED) is 0.519. The summed E-state index contributed by atoms with van der Waals surface area (Å²) < 4.78 is 17.4. The van der Waals surface area contributed by atoms with Crippen LogP contribution in [0.25, 0.3) is 0 Å². The molecule has 2 aromatic carbocycles. The average molecular weight is 437 g/mol. The second-order valence-electron chi connectivity index (χ2n) is 7.69. The van der Waals surface area contributed by atoms with E-state index in [1.54, 1.807) is 6.20 Å².